The first-order chi connectivity index (χ1) is 28.2. The fourth-order valence-electron chi connectivity index (χ4n) is 9.49. The van der Waals surface area contributed by atoms with E-state index in [4.69, 9.17) is 9.84 Å². The lowest BCUT2D eigenvalue weighted by Gasteiger charge is -2.39. The summed E-state index contributed by atoms with van der Waals surface area (Å²) >= 11 is 0. The summed E-state index contributed by atoms with van der Waals surface area (Å²) < 4.78 is 11.3. The first kappa shape index (κ1) is 36.6. The Morgan fingerprint density at radius 3 is 2.60 bits per heavy atom. The number of rotatable bonds is 9. The molecule has 7 heterocycles. The van der Waals surface area contributed by atoms with E-state index in [9.17, 15) is 19.2 Å². The van der Waals surface area contributed by atoms with Crippen LogP contribution in [-0.2, 0) is 27.8 Å². The number of amides is 3. The summed E-state index contributed by atoms with van der Waals surface area (Å²) in [7, 11) is 3.60. The zero-order chi connectivity index (χ0) is 39.7. The van der Waals surface area contributed by atoms with Crippen LogP contribution in [0.3, 0.4) is 0 Å². The number of imidazole rings is 2. The van der Waals surface area contributed by atoms with Gasteiger partial charge < -0.3 is 25.2 Å². The minimum atomic E-state index is -0.692. The van der Waals surface area contributed by atoms with Crippen molar-refractivity contribution in [3.05, 3.63) is 76.0 Å². The summed E-state index contributed by atoms with van der Waals surface area (Å²) in [6.45, 7) is 6.08. The smallest absolute Gasteiger partial charge is 0.329 e. The Hall–Kier alpha value is -5.74. The van der Waals surface area contributed by atoms with Gasteiger partial charge in [-0.25, -0.2) is 14.3 Å². The molecule has 3 N–H and O–H groups in total. The minimum absolute atomic E-state index is 0.0238. The second-order valence-electron chi connectivity index (χ2n) is 16.4. The molecule has 302 valence electrons. The molecule has 3 aromatic heterocycles. The highest BCUT2D eigenvalue weighted by atomic mass is 16.5. The largest absolute Gasteiger partial charge is 0.385 e. The zero-order valence-electron chi connectivity index (χ0n) is 32.9. The number of imide groups is 1. The summed E-state index contributed by atoms with van der Waals surface area (Å²) in [6.07, 6.45) is 7.15. The predicted octanol–water partition coefficient (Wildman–Crippen LogP) is 3.28. The fourth-order valence-corrected chi connectivity index (χ4v) is 9.49. The second kappa shape index (κ2) is 14.6. The van der Waals surface area contributed by atoms with Crippen LogP contribution in [0.1, 0.15) is 72.3 Å². The maximum absolute atomic E-state index is 13.3. The summed E-state index contributed by atoms with van der Waals surface area (Å²) in [4.78, 5) is 62.5. The van der Waals surface area contributed by atoms with E-state index < -0.39 is 11.9 Å². The van der Waals surface area contributed by atoms with Crippen molar-refractivity contribution in [2.75, 3.05) is 68.0 Å². The monoisotopic (exact) mass is 787 g/mol. The third-order valence-corrected chi connectivity index (χ3v) is 12.8. The first-order valence-electron chi connectivity index (χ1n) is 20.6. The molecule has 5 aromatic rings. The molecule has 58 heavy (non-hydrogen) atoms. The second-order valence-corrected chi connectivity index (χ2v) is 16.4. The van der Waals surface area contributed by atoms with Gasteiger partial charge in [0.15, 0.2) is 17.2 Å². The number of piperidine rings is 2. The van der Waals surface area contributed by atoms with Gasteiger partial charge in [-0.05, 0) is 79.8 Å². The molecule has 4 fully saturated rings. The lowest BCUT2D eigenvalue weighted by molar-refractivity contribution is -0.135. The Labute approximate surface area is 335 Å². The highest BCUT2D eigenvalue weighted by molar-refractivity contribution is 6.00. The number of hydrogen-bond donors (Lipinski definition) is 3. The van der Waals surface area contributed by atoms with Crippen molar-refractivity contribution in [1.82, 2.24) is 39.3 Å². The molecule has 3 amide bonds. The van der Waals surface area contributed by atoms with Gasteiger partial charge in [0, 0.05) is 83.3 Å². The van der Waals surface area contributed by atoms with E-state index in [0.29, 0.717) is 35.8 Å². The summed E-state index contributed by atoms with van der Waals surface area (Å²) in [5, 5.41) is 13.7. The molecule has 2 atom stereocenters. The van der Waals surface area contributed by atoms with Crippen molar-refractivity contribution < 1.29 is 19.1 Å². The number of anilines is 4. The number of nitrogens with one attached hydrogen (secondary N) is 3. The molecule has 0 spiro atoms. The van der Waals surface area contributed by atoms with E-state index in [-0.39, 0.29) is 36.1 Å². The summed E-state index contributed by atoms with van der Waals surface area (Å²) in [5.41, 5.74) is 7.82. The SMILES string of the molecule is CNc1cc(N2CCc3c([C@H]4CN(CC5CCN(c6ccc7c(c6)n(C)c(=O)n7C6CCC(=O)NC6=O)CC5)CCO4)cccc32)nn2c(C(=O)NC3CC3)cnc12. The third-order valence-electron chi connectivity index (χ3n) is 12.8. The Balaban J connectivity index is 0.804. The third kappa shape index (κ3) is 6.47. The molecule has 2 aromatic carbocycles. The number of benzene rings is 2. The van der Waals surface area contributed by atoms with E-state index in [1.807, 2.05) is 25.2 Å². The number of nitrogens with zero attached hydrogens (tertiary/aromatic N) is 8. The molecule has 1 unspecified atom stereocenters. The number of aryl methyl sites for hydroxylation is 1. The van der Waals surface area contributed by atoms with Crippen LogP contribution in [0.4, 0.5) is 22.9 Å². The van der Waals surface area contributed by atoms with Crippen LogP contribution in [0.2, 0.25) is 0 Å². The number of carbonyl (C=O) groups is 3. The maximum atomic E-state index is 13.3. The molecule has 5 aliphatic rings. The standard InChI is InChI=1S/C42H49N11O5/c1-43-30-21-37(47-53-35(22-44-39(30)53)41(56)45-26-6-7-26)51-17-14-28-29(4-3-5-31(28)51)36-24-49(18-19-58-36)23-25-12-15-50(16-13-25)27-8-9-32-34(20-27)48(2)42(57)52(32)33-10-11-38(54)46-40(33)55/h3-5,8-9,20-22,25-26,33,36,43H,6-7,10-19,23-24H2,1-2H3,(H,45,56)(H,46,54,55)/t33?,36-/m1/s1. The van der Waals surface area contributed by atoms with Gasteiger partial charge in [0.25, 0.3) is 5.91 Å². The van der Waals surface area contributed by atoms with E-state index in [0.717, 1.165) is 99.8 Å². The molecule has 16 nitrogen and oxygen atoms in total. The van der Waals surface area contributed by atoms with Gasteiger partial charge in [-0.2, -0.15) is 0 Å². The van der Waals surface area contributed by atoms with E-state index >= 15 is 0 Å². The minimum Gasteiger partial charge on any atom is -0.385 e. The van der Waals surface area contributed by atoms with Crippen LogP contribution in [-0.4, -0.2) is 105 Å². The normalized spacial score (nSPS) is 21.8. The van der Waals surface area contributed by atoms with Gasteiger partial charge in [-0.1, -0.05) is 12.1 Å². The average Bonchev–Trinajstić information content (AvgIpc) is 3.67. The molecule has 3 saturated heterocycles. The van der Waals surface area contributed by atoms with Crippen LogP contribution in [0.5, 0.6) is 0 Å². The van der Waals surface area contributed by atoms with Crippen molar-refractivity contribution in [2.24, 2.45) is 13.0 Å². The molecular weight excluding hydrogens is 739 g/mol. The van der Waals surface area contributed by atoms with Gasteiger partial charge in [-0.3, -0.25) is 33.7 Å². The van der Waals surface area contributed by atoms with E-state index in [2.05, 4.69) is 59.9 Å². The van der Waals surface area contributed by atoms with Crippen molar-refractivity contribution in [2.45, 2.75) is 63.1 Å². The van der Waals surface area contributed by atoms with Crippen molar-refractivity contribution in [1.29, 1.82) is 0 Å². The van der Waals surface area contributed by atoms with Gasteiger partial charge in [-0.15, -0.1) is 5.10 Å². The predicted molar refractivity (Wildman–Crippen MR) is 219 cm³/mol. The van der Waals surface area contributed by atoms with Gasteiger partial charge in [0.05, 0.1) is 35.6 Å². The van der Waals surface area contributed by atoms with Crippen molar-refractivity contribution >= 4 is 57.3 Å². The Morgan fingerprint density at radius 2 is 1.81 bits per heavy atom. The highest BCUT2D eigenvalue weighted by Gasteiger charge is 2.34. The summed E-state index contributed by atoms with van der Waals surface area (Å²) in [6, 6.07) is 14.1. The van der Waals surface area contributed by atoms with E-state index in [1.54, 1.807) is 22.3 Å². The first-order valence-corrected chi connectivity index (χ1v) is 20.6. The highest BCUT2D eigenvalue weighted by Crippen LogP contribution is 2.40. The van der Waals surface area contributed by atoms with Crippen LogP contribution in [0.25, 0.3) is 16.7 Å². The maximum Gasteiger partial charge on any atom is 0.329 e. The number of ether oxygens (including phenoxy) is 1. The number of hydrogen-bond acceptors (Lipinski definition) is 11. The Kier molecular flexibility index (Phi) is 9.19. The number of morpholine rings is 1. The Bertz CT molecular complexity index is 2510. The van der Waals surface area contributed by atoms with Gasteiger partial charge >= 0.3 is 5.69 Å². The van der Waals surface area contributed by atoms with Gasteiger partial charge in [0.1, 0.15) is 6.04 Å². The molecule has 1 saturated carbocycles. The number of fused-ring (bicyclic) bond motifs is 3. The van der Waals surface area contributed by atoms with Crippen molar-refractivity contribution in [3.8, 4) is 0 Å². The average molecular weight is 788 g/mol. The van der Waals surface area contributed by atoms with Crippen LogP contribution in [0, 0.1) is 5.92 Å². The topological polar surface area (TPSA) is 163 Å². The molecule has 0 radical (unpaired) electrons. The quantitative estimate of drug-likeness (QED) is 0.188. The zero-order valence-corrected chi connectivity index (χ0v) is 32.9. The number of carbonyl (C=O) groups excluding carboxylic acids is 3. The lowest BCUT2D eigenvalue weighted by Crippen LogP contribution is -2.44. The van der Waals surface area contributed by atoms with Crippen LogP contribution in [0.15, 0.2) is 53.5 Å². The fraction of sp³-hybridized carbons (Fsp3) is 0.476. The molecule has 1 aliphatic carbocycles. The summed E-state index contributed by atoms with van der Waals surface area (Å²) in [5.74, 6) is 0.460. The molecule has 0 bridgehead atoms. The molecule has 10 rings (SSSR count). The van der Waals surface area contributed by atoms with Crippen LogP contribution >= 0.6 is 0 Å². The molecule has 4 aliphatic heterocycles. The Morgan fingerprint density at radius 1 is 0.966 bits per heavy atom. The van der Waals surface area contributed by atoms with E-state index in [1.165, 1.54) is 15.7 Å². The van der Waals surface area contributed by atoms with Crippen LogP contribution < -0.4 is 31.4 Å². The molecule has 16 heteroatoms. The lowest BCUT2D eigenvalue weighted by atomic mass is 9.94. The number of aromatic nitrogens is 5. The van der Waals surface area contributed by atoms with Crippen molar-refractivity contribution in [3.63, 3.8) is 0 Å². The molecular formula is C42H49N11O5. The van der Waals surface area contributed by atoms with Gasteiger partial charge in [0.2, 0.25) is 11.8 Å².